The maximum absolute atomic E-state index is 12.1. The second-order valence-corrected chi connectivity index (χ2v) is 6.31. The third kappa shape index (κ3) is 4.67. The van der Waals surface area contributed by atoms with Gasteiger partial charge in [-0.05, 0) is 24.0 Å². The Labute approximate surface area is 138 Å². The highest BCUT2D eigenvalue weighted by Crippen LogP contribution is 2.10. The largest absolute Gasteiger partial charge is 0.351 e. The van der Waals surface area contributed by atoms with Crippen molar-refractivity contribution in [3.8, 4) is 0 Å². The molecule has 1 aliphatic rings. The molecule has 3 nitrogen and oxygen atoms in total. The van der Waals surface area contributed by atoms with Gasteiger partial charge >= 0.3 is 0 Å². The number of amides is 1. The van der Waals surface area contributed by atoms with Crippen LogP contribution in [0.3, 0.4) is 0 Å². The molecule has 0 saturated heterocycles. The van der Waals surface area contributed by atoms with Gasteiger partial charge in [0.25, 0.3) is 5.91 Å². The second-order valence-electron chi connectivity index (χ2n) is 6.31. The van der Waals surface area contributed by atoms with E-state index in [1.165, 1.54) is 21.6 Å². The van der Waals surface area contributed by atoms with E-state index in [0.29, 0.717) is 6.54 Å². The molecule has 1 heterocycles. The normalized spacial score (nSPS) is 16.6. The van der Waals surface area contributed by atoms with Crippen molar-refractivity contribution in [2.75, 3.05) is 19.6 Å². The van der Waals surface area contributed by atoms with E-state index in [9.17, 15) is 4.79 Å². The molecule has 1 unspecified atom stereocenters. The van der Waals surface area contributed by atoms with Crippen molar-refractivity contribution in [3.05, 3.63) is 71.3 Å². The lowest BCUT2D eigenvalue weighted by Crippen LogP contribution is -3.12. The number of carbonyl (C=O) groups is 1. The standard InChI is InChI=1S/C20H24N2O/c23-20(21-13-6-9-17-7-2-1-3-8-17)16-22-14-12-18-10-4-5-11-19(18)15-22/h1-5,7-8,10-11H,6,9,12-16H2,(H,21,23)/p+1. The molecule has 2 aromatic carbocycles. The molecule has 0 aromatic heterocycles. The molecule has 1 aliphatic heterocycles. The predicted molar refractivity (Wildman–Crippen MR) is 92.3 cm³/mol. The van der Waals surface area contributed by atoms with Crippen LogP contribution in [0.25, 0.3) is 0 Å². The van der Waals surface area contributed by atoms with E-state index in [4.69, 9.17) is 0 Å². The van der Waals surface area contributed by atoms with E-state index < -0.39 is 0 Å². The first-order valence-corrected chi connectivity index (χ1v) is 8.52. The highest BCUT2D eigenvalue weighted by Gasteiger charge is 2.20. The average Bonchev–Trinajstić information content (AvgIpc) is 2.59. The van der Waals surface area contributed by atoms with Crippen LogP contribution in [0.1, 0.15) is 23.1 Å². The van der Waals surface area contributed by atoms with Gasteiger partial charge in [0, 0.05) is 18.5 Å². The number of quaternary nitrogens is 1. The number of benzene rings is 2. The molecule has 0 bridgehead atoms. The van der Waals surface area contributed by atoms with E-state index in [2.05, 4.69) is 53.8 Å². The van der Waals surface area contributed by atoms with Crippen molar-refractivity contribution in [1.29, 1.82) is 0 Å². The van der Waals surface area contributed by atoms with Crippen LogP contribution in [0.5, 0.6) is 0 Å². The summed E-state index contributed by atoms with van der Waals surface area (Å²) in [5.41, 5.74) is 4.17. The van der Waals surface area contributed by atoms with Crippen molar-refractivity contribution in [3.63, 3.8) is 0 Å². The fourth-order valence-electron chi connectivity index (χ4n) is 3.25. The van der Waals surface area contributed by atoms with Crippen LogP contribution >= 0.6 is 0 Å². The molecule has 1 atom stereocenters. The molecule has 2 N–H and O–H groups in total. The highest BCUT2D eigenvalue weighted by atomic mass is 16.2. The molecular formula is C20H25N2O+. The van der Waals surface area contributed by atoms with E-state index in [0.717, 1.165) is 38.9 Å². The number of hydrogen-bond donors (Lipinski definition) is 2. The maximum Gasteiger partial charge on any atom is 0.275 e. The van der Waals surface area contributed by atoms with Crippen molar-refractivity contribution >= 4 is 5.91 Å². The zero-order valence-corrected chi connectivity index (χ0v) is 13.6. The zero-order valence-electron chi connectivity index (χ0n) is 13.6. The molecule has 3 rings (SSSR count). The number of aryl methyl sites for hydroxylation is 1. The fraction of sp³-hybridized carbons (Fsp3) is 0.350. The lowest BCUT2D eigenvalue weighted by Gasteiger charge is -2.25. The monoisotopic (exact) mass is 309 g/mol. The second kappa shape index (κ2) is 7.93. The number of rotatable bonds is 6. The Morgan fingerprint density at radius 3 is 2.57 bits per heavy atom. The number of nitrogens with one attached hydrogen (secondary N) is 2. The van der Waals surface area contributed by atoms with Gasteiger partial charge in [0.05, 0.1) is 6.54 Å². The Morgan fingerprint density at radius 1 is 1.00 bits per heavy atom. The van der Waals surface area contributed by atoms with E-state index in [-0.39, 0.29) is 5.91 Å². The minimum atomic E-state index is 0.174. The molecule has 0 spiro atoms. The molecule has 0 radical (unpaired) electrons. The Hall–Kier alpha value is -2.13. The fourth-order valence-corrected chi connectivity index (χ4v) is 3.25. The molecule has 0 aliphatic carbocycles. The van der Waals surface area contributed by atoms with Gasteiger partial charge in [0.15, 0.2) is 6.54 Å². The summed E-state index contributed by atoms with van der Waals surface area (Å²) >= 11 is 0. The van der Waals surface area contributed by atoms with Gasteiger partial charge < -0.3 is 10.2 Å². The van der Waals surface area contributed by atoms with Crippen molar-refractivity contribution in [2.24, 2.45) is 0 Å². The summed E-state index contributed by atoms with van der Waals surface area (Å²) in [6.07, 6.45) is 3.09. The van der Waals surface area contributed by atoms with Crippen molar-refractivity contribution in [1.82, 2.24) is 5.32 Å². The first-order valence-electron chi connectivity index (χ1n) is 8.52. The van der Waals surface area contributed by atoms with Gasteiger partial charge in [-0.3, -0.25) is 4.79 Å². The van der Waals surface area contributed by atoms with Gasteiger partial charge in [0.1, 0.15) is 6.54 Å². The molecule has 2 aromatic rings. The third-order valence-electron chi connectivity index (χ3n) is 4.52. The summed E-state index contributed by atoms with van der Waals surface area (Å²) in [4.78, 5) is 13.5. The Balaban J connectivity index is 1.37. The van der Waals surface area contributed by atoms with Gasteiger partial charge in [-0.2, -0.15) is 0 Å². The summed E-state index contributed by atoms with van der Waals surface area (Å²) in [6.45, 7) is 3.36. The number of fused-ring (bicyclic) bond motifs is 1. The average molecular weight is 309 g/mol. The minimum absolute atomic E-state index is 0.174. The van der Waals surface area contributed by atoms with Crippen LogP contribution in [0.4, 0.5) is 0 Å². The van der Waals surface area contributed by atoms with Crippen LogP contribution in [-0.2, 0) is 24.2 Å². The van der Waals surface area contributed by atoms with Crippen LogP contribution in [0.15, 0.2) is 54.6 Å². The first kappa shape index (κ1) is 15.8. The SMILES string of the molecule is O=C(C[NH+]1CCc2ccccc2C1)NCCCc1ccccc1. The van der Waals surface area contributed by atoms with Gasteiger partial charge in [-0.15, -0.1) is 0 Å². The molecule has 0 fully saturated rings. The van der Waals surface area contributed by atoms with Crippen LogP contribution in [-0.4, -0.2) is 25.5 Å². The summed E-state index contributed by atoms with van der Waals surface area (Å²) in [5.74, 6) is 0.174. The summed E-state index contributed by atoms with van der Waals surface area (Å²) in [7, 11) is 0. The van der Waals surface area contributed by atoms with Crippen LogP contribution in [0.2, 0.25) is 0 Å². The first-order chi connectivity index (χ1) is 11.3. The van der Waals surface area contributed by atoms with E-state index in [1.807, 2.05) is 6.07 Å². The number of hydrogen-bond acceptors (Lipinski definition) is 1. The molecule has 23 heavy (non-hydrogen) atoms. The molecule has 1 amide bonds. The van der Waals surface area contributed by atoms with Gasteiger partial charge in [-0.25, -0.2) is 0 Å². The Morgan fingerprint density at radius 2 is 1.74 bits per heavy atom. The predicted octanol–water partition coefficient (Wildman–Crippen LogP) is 1.38. The zero-order chi connectivity index (χ0) is 15.9. The molecular weight excluding hydrogens is 284 g/mol. The third-order valence-corrected chi connectivity index (χ3v) is 4.52. The molecule has 120 valence electrons. The summed E-state index contributed by atoms with van der Waals surface area (Å²) < 4.78 is 0. The van der Waals surface area contributed by atoms with E-state index in [1.54, 1.807) is 0 Å². The smallest absolute Gasteiger partial charge is 0.275 e. The summed E-state index contributed by atoms with van der Waals surface area (Å²) in [6, 6.07) is 19.0. The number of carbonyl (C=O) groups excluding carboxylic acids is 1. The van der Waals surface area contributed by atoms with E-state index >= 15 is 0 Å². The topological polar surface area (TPSA) is 33.5 Å². The molecule has 0 saturated carbocycles. The van der Waals surface area contributed by atoms with Crippen LogP contribution < -0.4 is 10.2 Å². The van der Waals surface area contributed by atoms with Gasteiger partial charge in [0.2, 0.25) is 0 Å². The van der Waals surface area contributed by atoms with Crippen molar-refractivity contribution < 1.29 is 9.69 Å². The van der Waals surface area contributed by atoms with Gasteiger partial charge in [-0.1, -0.05) is 54.6 Å². The summed E-state index contributed by atoms with van der Waals surface area (Å²) in [5, 5.41) is 3.06. The highest BCUT2D eigenvalue weighted by molar-refractivity contribution is 5.76. The quantitative estimate of drug-likeness (QED) is 0.777. The minimum Gasteiger partial charge on any atom is -0.351 e. The molecule has 3 heteroatoms. The lowest BCUT2D eigenvalue weighted by atomic mass is 10.00. The van der Waals surface area contributed by atoms with Crippen molar-refractivity contribution in [2.45, 2.75) is 25.8 Å². The lowest BCUT2D eigenvalue weighted by molar-refractivity contribution is -0.908. The Bertz CT molecular complexity index is 639. The Kier molecular flexibility index (Phi) is 5.43. The maximum atomic E-state index is 12.1. The van der Waals surface area contributed by atoms with Crippen LogP contribution in [0, 0.1) is 0 Å².